The van der Waals surface area contributed by atoms with Gasteiger partial charge in [-0.25, -0.2) is 0 Å². The zero-order chi connectivity index (χ0) is 5.70. The molecule has 0 saturated carbocycles. The van der Waals surface area contributed by atoms with Gasteiger partial charge in [-0.15, -0.1) is 0 Å². The van der Waals surface area contributed by atoms with Gasteiger partial charge in [0, 0.05) is 6.10 Å². The minimum Gasteiger partial charge on any atom is -0.429 e. The van der Waals surface area contributed by atoms with E-state index < -0.39 is 0 Å². The maximum atomic E-state index is 8.02. The van der Waals surface area contributed by atoms with Gasteiger partial charge in [0.15, 0.2) is 0 Å². The van der Waals surface area contributed by atoms with Crippen LogP contribution in [0, 0.1) is 0 Å². The number of rotatable bonds is 3. The highest BCUT2D eigenvalue weighted by Gasteiger charge is 1.95. The molecular weight excluding hydrogens is 90.9 g/mol. The maximum absolute atomic E-state index is 8.02. The Morgan fingerprint density at radius 2 is 2.43 bits per heavy atom. The van der Waals surface area contributed by atoms with E-state index in [1.165, 1.54) is 0 Å². The minimum absolute atomic E-state index is 0.144. The Bertz CT molecular complexity index is 40.7. The van der Waals surface area contributed by atoms with E-state index in [4.69, 9.17) is 5.02 Å². The zero-order valence-corrected chi connectivity index (χ0v) is 4.72. The lowest BCUT2D eigenvalue weighted by atomic mass is 10.3. The molecule has 0 aliphatic rings. The SMILES string of the molecule is CCC(C)O[B]O. The minimum atomic E-state index is 0.144. The van der Waals surface area contributed by atoms with Gasteiger partial charge in [0.1, 0.15) is 0 Å². The van der Waals surface area contributed by atoms with Gasteiger partial charge in [-0.05, 0) is 13.3 Å². The Hall–Kier alpha value is -0.0151. The molecule has 0 aromatic heterocycles. The van der Waals surface area contributed by atoms with Crippen molar-refractivity contribution in [3.8, 4) is 0 Å². The molecule has 0 aromatic rings. The summed E-state index contributed by atoms with van der Waals surface area (Å²) in [6.07, 6.45) is 1.07. The van der Waals surface area contributed by atoms with E-state index in [9.17, 15) is 0 Å². The van der Waals surface area contributed by atoms with Crippen molar-refractivity contribution in [2.24, 2.45) is 0 Å². The summed E-state index contributed by atoms with van der Waals surface area (Å²) in [6.45, 7) is 3.89. The van der Waals surface area contributed by atoms with Crippen molar-refractivity contribution in [1.82, 2.24) is 0 Å². The summed E-state index contributed by atoms with van der Waals surface area (Å²) >= 11 is 0. The molecular formula is C4H10BO2. The van der Waals surface area contributed by atoms with Crippen molar-refractivity contribution in [2.45, 2.75) is 26.4 Å². The lowest BCUT2D eigenvalue weighted by molar-refractivity contribution is 0.197. The van der Waals surface area contributed by atoms with Crippen LogP contribution in [0.5, 0.6) is 0 Å². The molecule has 0 amide bonds. The Kier molecular flexibility index (Phi) is 4.14. The van der Waals surface area contributed by atoms with Gasteiger partial charge in [-0.1, -0.05) is 6.92 Å². The Morgan fingerprint density at radius 3 is 2.57 bits per heavy atom. The second kappa shape index (κ2) is 4.15. The molecule has 0 aliphatic carbocycles. The zero-order valence-electron chi connectivity index (χ0n) is 4.72. The smallest absolute Gasteiger partial charge is 0.429 e. The third kappa shape index (κ3) is 3.82. The first-order valence-corrected chi connectivity index (χ1v) is 2.42. The standard InChI is InChI=1S/C4H10BO2/c1-3-4(2)7-5-6/h4,6H,3H2,1-2H3. The highest BCUT2D eigenvalue weighted by Crippen LogP contribution is 1.91. The summed E-state index contributed by atoms with van der Waals surface area (Å²) in [5.74, 6) is 0. The Balaban J connectivity index is 2.83. The predicted molar refractivity (Wildman–Crippen MR) is 28.8 cm³/mol. The van der Waals surface area contributed by atoms with Crippen molar-refractivity contribution >= 4 is 7.69 Å². The molecule has 0 heterocycles. The molecule has 3 heteroatoms. The van der Waals surface area contributed by atoms with E-state index >= 15 is 0 Å². The van der Waals surface area contributed by atoms with Crippen LogP contribution in [-0.4, -0.2) is 18.8 Å². The third-order valence-corrected chi connectivity index (χ3v) is 0.868. The first-order chi connectivity index (χ1) is 3.31. The molecule has 1 radical (unpaired) electrons. The average molecular weight is 101 g/mol. The summed E-state index contributed by atoms with van der Waals surface area (Å²) in [6, 6.07) is 0. The van der Waals surface area contributed by atoms with Crippen molar-refractivity contribution in [3.63, 3.8) is 0 Å². The number of hydrogen-bond acceptors (Lipinski definition) is 2. The Labute approximate surface area is 44.8 Å². The van der Waals surface area contributed by atoms with Crippen LogP contribution in [0.4, 0.5) is 0 Å². The van der Waals surface area contributed by atoms with Crippen LogP contribution in [0.3, 0.4) is 0 Å². The van der Waals surface area contributed by atoms with Gasteiger partial charge >= 0.3 is 7.69 Å². The molecule has 0 spiro atoms. The predicted octanol–water partition coefficient (Wildman–Crippen LogP) is 0.328. The quantitative estimate of drug-likeness (QED) is 0.519. The van der Waals surface area contributed by atoms with Crippen molar-refractivity contribution in [1.29, 1.82) is 0 Å². The molecule has 0 saturated heterocycles. The van der Waals surface area contributed by atoms with Gasteiger partial charge in [-0.2, -0.15) is 0 Å². The normalized spacial score (nSPS) is 13.6. The fourth-order valence-corrected chi connectivity index (χ4v) is 0.200. The van der Waals surface area contributed by atoms with Gasteiger partial charge in [0.25, 0.3) is 0 Å². The van der Waals surface area contributed by atoms with Crippen LogP contribution in [-0.2, 0) is 4.65 Å². The van der Waals surface area contributed by atoms with Gasteiger partial charge in [0.2, 0.25) is 0 Å². The topological polar surface area (TPSA) is 29.5 Å². The first kappa shape index (κ1) is 6.98. The fourth-order valence-electron chi connectivity index (χ4n) is 0.200. The monoisotopic (exact) mass is 101 g/mol. The van der Waals surface area contributed by atoms with Crippen molar-refractivity contribution in [3.05, 3.63) is 0 Å². The molecule has 2 nitrogen and oxygen atoms in total. The van der Waals surface area contributed by atoms with Crippen LogP contribution in [0.2, 0.25) is 0 Å². The lowest BCUT2D eigenvalue weighted by Gasteiger charge is -2.04. The van der Waals surface area contributed by atoms with E-state index in [1.807, 2.05) is 13.8 Å². The average Bonchev–Trinajstić information content (AvgIpc) is 1.68. The molecule has 0 fully saturated rings. The summed E-state index contributed by atoms with van der Waals surface area (Å²) in [7, 11) is 0.730. The summed E-state index contributed by atoms with van der Waals surface area (Å²) in [5.41, 5.74) is 0. The molecule has 1 N–H and O–H groups in total. The molecule has 0 bridgehead atoms. The van der Waals surface area contributed by atoms with Crippen LogP contribution < -0.4 is 0 Å². The lowest BCUT2D eigenvalue weighted by Crippen LogP contribution is -2.09. The fraction of sp³-hybridized carbons (Fsp3) is 1.00. The van der Waals surface area contributed by atoms with E-state index in [0.29, 0.717) is 0 Å². The molecule has 0 rings (SSSR count). The summed E-state index contributed by atoms with van der Waals surface area (Å²) < 4.78 is 4.62. The van der Waals surface area contributed by atoms with Crippen LogP contribution >= 0.6 is 0 Å². The van der Waals surface area contributed by atoms with E-state index in [1.54, 1.807) is 0 Å². The second-order valence-electron chi connectivity index (χ2n) is 1.46. The third-order valence-electron chi connectivity index (χ3n) is 0.868. The maximum Gasteiger partial charge on any atom is 0.485 e. The van der Waals surface area contributed by atoms with E-state index in [-0.39, 0.29) is 6.10 Å². The molecule has 0 aliphatic heterocycles. The van der Waals surface area contributed by atoms with Gasteiger partial charge in [-0.3, -0.25) is 0 Å². The van der Waals surface area contributed by atoms with Gasteiger partial charge < -0.3 is 9.68 Å². The van der Waals surface area contributed by atoms with Crippen molar-refractivity contribution in [2.75, 3.05) is 0 Å². The second-order valence-corrected chi connectivity index (χ2v) is 1.46. The van der Waals surface area contributed by atoms with E-state index in [2.05, 4.69) is 4.65 Å². The van der Waals surface area contributed by atoms with Crippen LogP contribution in [0.1, 0.15) is 20.3 Å². The largest absolute Gasteiger partial charge is 0.485 e. The van der Waals surface area contributed by atoms with Gasteiger partial charge in [0.05, 0.1) is 0 Å². The van der Waals surface area contributed by atoms with Crippen LogP contribution in [0.15, 0.2) is 0 Å². The highest BCUT2D eigenvalue weighted by molar-refractivity contribution is 6.15. The number of hydrogen-bond donors (Lipinski definition) is 1. The highest BCUT2D eigenvalue weighted by atomic mass is 16.5. The Morgan fingerprint density at radius 1 is 1.86 bits per heavy atom. The first-order valence-electron chi connectivity index (χ1n) is 2.42. The molecule has 1 unspecified atom stereocenters. The summed E-state index contributed by atoms with van der Waals surface area (Å²) in [5, 5.41) is 8.02. The molecule has 1 atom stereocenters. The summed E-state index contributed by atoms with van der Waals surface area (Å²) in [4.78, 5) is 0. The molecule has 41 valence electrons. The van der Waals surface area contributed by atoms with Crippen LogP contribution in [0.25, 0.3) is 0 Å². The molecule has 7 heavy (non-hydrogen) atoms. The molecule has 0 aromatic carbocycles. The van der Waals surface area contributed by atoms with E-state index in [0.717, 1.165) is 14.1 Å². The van der Waals surface area contributed by atoms with Crippen molar-refractivity contribution < 1.29 is 9.68 Å².